The highest BCUT2D eigenvalue weighted by Crippen LogP contribution is 2.25. The maximum atomic E-state index is 11.4. The Morgan fingerprint density at radius 2 is 2.58 bits per heavy atom. The zero-order valence-electron chi connectivity index (χ0n) is 6.74. The molecule has 2 rings (SSSR count). The lowest BCUT2D eigenvalue weighted by atomic mass is 10.1. The minimum Gasteiger partial charge on any atom is -0.356 e. The molecule has 4 nitrogen and oxygen atoms in total. The van der Waals surface area contributed by atoms with Gasteiger partial charge in [-0.15, -0.1) is 0 Å². The summed E-state index contributed by atoms with van der Waals surface area (Å²) in [4.78, 5) is 15.6. The van der Waals surface area contributed by atoms with Crippen LogP contribution in [0, 0.1) is 5.92 Å². The highest BCUT2D eigenvalue weighted by atomic mass is 32.2. The highest BCUT2D eigenvalue weighted by molar-refractivity contribution is 8.13. The van der Waals surface area contributed by atoms with Gasteiger partial charge in [-0.3, -0.25) is 4.79 Å². The van der Waals surface area contributed by atoms with Crippen molar-refractivity contribution in [1.82, 2.24) is 5.32 Å². The van der Waals surface area contributed by atoms with E-state index in [0.29, 0.717) is 11.8 Å². The van der Waals surface area contributed by atoms with Gasteiger partial charge in [0.2, 0.25) is 5.91 Å². The highest BCUT2D eigenvalue weighted by Gasteiger charge is 2.37. The second kappa shape index (κ2) is 3.06. The van der Waals surface area contributed by atoms with Gasteiger partial charge >= 0.3 is 0 Å². The van der Waals surface area contributed by atoms with Gasteiger partial charge in [-0.25, -0.2) is 4.99 Å². The molecule has 0 saturated carbocycles. The van der Waals surface area contributed by atoms with Crippen molar-refractivity contribution in [2.45, 2.75) is 12.6 Å². The number of rotatable bonds is 0. The molecule has 2 heterocycles. The fourth-order valence-corrected chi connectivity index (χ4v) is 1.82. The lowest BCUT2D eigenvalue weighted by molar-refractivity contribution is -0.125. The molecular formula is C7H10N2O2S. The van der Waals surface area contributed by atoms with Gasteiger partial charge in [0.25, 0.3) is 0 Å². The minimum absolute atomic E-state index is 0.0526. The van der Waals surface area contributed by atoms with Gasteiger partial charge in [-0.2, -0.15) is 0 Å². The van der Waals surface area contributed by atoms with Crippen molar-refractivity contribution in [1.29, 1.82) is 0 Å². The zero-order chi connectivity index (χ0) is 8.55. The topological polar surface area (TPSA) is 50.7 Å². The van der Waals surface area contributed by atoms with Gasteiger partial charge in [-0.1, -0.05) is 11.8 Å². The molecule has 1 amide bonds. The Kier molecular flexibility index (Phi) is 2.06. The number of hydrogen-bond acceptors (Lipinski definition) is 4. The van der Waals surface area contributed by atoms with Crippen LogP contribution < -0.4 is 5.32 Å². The van der Waals surface area contributed by atoms with Crippen LogP contribution in [-0.2, 0) is 9.53 Å². The second-order valence-corrected chi connectivity index (χ2v) is 3.58. The molecule has 0 aromatic heterocycles. The Labute approximate surface area is 74.8 Å². The van der Waals surface area contributed by atoms with Crippen LogP contribution in [0.5, 0.6) is 0 Å². The van der Waals surface area contributed by atoms with Crippen molar-refractivity contribution in [2.75, 3.05) is 12.9 Å². The van der Waals surface area contributed by atoms with Gasteiger partial charge in [0.1, 0.15) is 0 Å². The van der Waals surface area contributed by atoms with E-state index in [9.17, 15) is 4.79 Å². The molecule has 0 aromatic rings. The van der Waals surface area contributed by atoms with Crippen LogP contribution in [0.25, 0.3) is 0 Å². The molecule has 1 fully saturated rings. The van der Waals surface area contributed by atoms with Crippen LogP contribution in [0.4, 0.5) is 0 Å². The zero-order valence-corrected chi connectivity index (χ0v) is 7.56. The fraction of sp³-hybridized carbons (Fsp3) is 0.714. The number of thioether (sulfide) groups is 1. The van der Waals surface area contributed by atoms with Gasteiger partial charge in [-0.05, 0) is 12.7 Å². The van der Waals surface area contributed by atoms with Gasteiger partial charge < -0.3 is 10.1 Å². The van der Waals surface area contributed by atoms with Crippen molar-refractivity contribution in [3.8, 4) is 0 Å². The van der Waals surface area contributed by atoms with Gasteiger partial charge in [0.15, 0.2) is 11.4 Å². The molecule has 12 heavy (non-hydrogen) atoms. The number of amides is 1. The molecule has 5 heteroatoms. The first kappa shape index (κ1) is 8.07. The molecule has 0 bridgehead atoms. The summed E-state index contributed by atoms with van der Waals surface area (Å²) in [5, 5.41) is 3.40. The van der Waals surface area contributed by atoms with E-state index in [1.165, 1.54) is 11.8 Å². The number of aliphatic imine (C=N–C) groups is 1. The van der Waals surface area contributed by atoms with E-state index in [4.69, 9.17) is 4.74 Å². The quantitative estimate of drug-likeness (QED) is 0.588. The SMILES string of the molecule is CSC1=NC2OCCC2C(=O)N1. The van der Waals surface area contributed by atoms with Gasteiger partial charge in [0.05, 0.1) is 12.5 Å². The maximum absolute atomic E-state index is 11.4. The molecule has 0 aliphatic carbocycles. The largest absolute Gasteiger partial charge is 0.356 e. The molecular weight excluding hydrogens is 176 g/mol. The standard InChI is InChI=1S/C7H10N2O2S/c1-12-7-8-5(10)4-2-3-11-6(4)9-7/h4,6H,2-3H2,1H3,(H,8,9,10). The number of carbonyl (C=O) groups excluding carboxylic acids is 1. The molecule has 1 saturated heterocycles. The van der Waals surface area contributed by atoms with E-state index in [1.807, 2.05) is 6.26 Å². The Morgan fingerprint density at radius 3 is 3.33 bits per heavy atom. The molecule has 66 valence electrons. The Hall–Kier alpha value is -0.550. The molecule has 2 aliphatic heterocycles. The number of fused-ring (bicyclic) bond motifs is 1. The molecule has 0 aromatic carbocycles. The minimum atomic E-state index is -0.221. The predicted molar refractivity (Wildman–Crippen MR) is 46.9 cm³/mol. The van der Waals surface area contributed by atoms with Crippen LogP contribution >= 0.6 is 11.8 Å². The number of ether oxygens (including phenoxy) is 1. The van der Waals surface area contributed by atoms with Crippen LogP contribution in [0.2, 0.25) is 0 Å². The van der Waals surface area contributed by atoms with Crippen LogP contribution in [0.15, 0.2) is 4.99 Å². The monoisotopic (exact) mass is 186 g/mol. The van der Waals surface area contributed by atoms with E-state index in [0.717, 1.165) is 6.42 Å². The van der Waals surface area contributed by atoms with Crippen LogP contribution in [0.1, 0.15) is 6.42 Å². The summed E-state index contributed by atoms with van der Waals surface area (Å²) in [6.45, 7) is 0.647. The molecule has 1 N–H and O–H groups in total. The van der Waals surface area contributed by atoms with E-state index in [-0.39, 0.29) is 18.1 Å². The van der Waals surface area contributed by atoms with E-state index >= 15 is 0 Å². The third-order valence-corrected chi connectivity index (χ3v) is 2.66. The summed E-state index contributed by atoms with van der Waals surface area (Å²) in [6.07, 6.45) is 2.46. The first-order chi connectivity index (χ1) is 5.81. The predicted octanol–water partition coefficient (Wildman–Crippen LogP) is 0.198. The number of nitrogens with one attached hydrogen (secondary N) is 1. The third kappa shape index (κ3) is 1.23. The summed E-state index contributed by atoms with van der Waals surface area (Å²) in [5.74, 6) is -0.00208. The average molecular weight is 186 g/mol. The molecule has 2 unspecified atom stereocenters. The summed E-state index contributed by atoms with van der Waals surface area (Å²) in [6, 6.07) is 0. The fourth-order valence-electron chi connectivity index (χ4n) is 1.41. The summed E-state index contributed by atoms with van der Waals surface area (Å²) < 4.78 is 5.30. The average Bonchev–Trinajstić information content (AvgIpc) is 2.52. The normalized spacial score (nSPS) is 34.1. The first-order valence-electron chi connectivity index (χ1n) is 3.85. The van der Waals surface area contributed by atoms with Gasteiger partial charge in [0, 0.05) is 0 Å². The third-order valence-electron chi connectivity index (χ3n) is 2.07. The summed E-state index contributed by atoms with van der Waals surface area (Å²) in [5.41, 5.74) is 0. The molecule has 0 spiro atoms. The molecule has 2 atom stereocenters. The smallest absolute Gasteiger partial charge is 0.233 e. The van der Waals surface area contributed by atoms with E-state index in [1.54, 1.807) is 0 Å². The lowest BCUT2D eigenvalue weighted by Gasteiger charge is -2.21. The van der Waals surface area contributed by atoms with E-state index in [2.05, 4.69) is 10.3 Å². The first-order valence-corrected chi connectivity index (χ1v) is 5.08. The molecule has 0 radical (unpaired) electrons. The number of hydrogen-bond donors (Lipinski definition) is 1. The maximum Gasteiger partial charge on any atom is 0.233 e. The second-order valence-electron chi connectivity index (χ2n) is 2.78. The Morgan fingerprint density at radius 1 is 1.75 bits per heavy atom. The number of carbonyl (C=O) groups is 1. The number of nitrogens with zero attached hydrogens (tertiary/aromatic N) is 1. The van der Waals surface area contributed by atoms with Crippen molar-refractivity contribution in [3.05, 3.63) is 0 Å². The van der Waals surface area contributed by atoms with Crippen molar-refractivity contribution >= 4 is 22.8 Å². The Bertz CT molecular complexity index is 242. The van der Waals surface area contributed by atoms with Crippen molar-refractivity contribution in [2.24, 2.45) is 10.9 Å². The number of amidine groups is 1. The molecule has 2 aliphatic rings. The summed E-state index contributed by atoms with van der Waals surface area (Å²) >= 11 is 1.44. The van der Waals surface area contributed by atoms with Crippen LogP contribution in [-0.4, -0.2) is 30.2 Å². The Balaban J connectivity index is 2.20. The van der Waals surface area contributed by atoms with Crippen molar-refractivity contribution in [3.63, 3.8) is 0 Å². The van der Waals surface area contributed by atoms with Crippen LogP contribution in [0.3, 0.4) is 0 Å². The van der Waals surface area contributed by atoms with E-state index < -0.39 is 0 Å². The lowest BCUT2D eigenvalue weighted by Crippen LogP contribution is -2.42. The summed E-state index contributed by atoms with van der Waals surface area (Å²) in [7, 11) is 0. The van der Waals surface area contributed by atoms with Crippen molar-refractivity contribution < 1.29 is 9.53 Å².